The second-order valence-electron chi connectivity index (χ2n) is 5.04. The summed E-state index contributed by atoms with van der Waals surface area (Å²) in [5, 5.41) is 3.21. The van der Waals surface area contributed by atoms with Gasteiger partial charge >= 0.3 is 5.97 Å². The second kappa shape index (κ2) is 10.2. The fraction of sp³-hybridized carbons (Fsp3) is 0.588. The Bertz CT molecular complexity index is 403. The average Bonchev–Trinajstić information content (AvgIpc) is 2.51. The van der Waals surface area contributed by atoms with Crippen LogP contribution in [0.1, 0.15) is 51.1 Å². The number of esters is 1. The van der Waals surface area contributed by atoms with Gasteiger partial charge in [-0.05, 0) is 57.9 Å². The van der Waals surface area contributed by atoms with E-state index in [1.54, 1.807) is 0 Å². The summed E-state index contributed by atoms with van der Waals surface area (Å²) in [6, 6.07) is 8.51. The lowest BCUT2D eigenvalue weighted by Crippen LogP contribution is -2.11. The Morgan fingerprint density at radius 2 is 1.90 bits per heavy atom. The third-order valence-electron chi connectivity index (χ3n) is 3.41. The van der Waals surface area contributed by atoms with Gasteiger partial charge in [0.25, 0.3) is 0 Å². The van der Waals surface area contributed by atoms with E-state index in [0.29, 0.717) is 25.7 Å². The van der Waals surface area contributed by atoms with E-state index < -0.39 is 0 Å². The fourth-order valence-corrected chi connectivity index (χ4v) is 1.99. The smallest absolute Gasteiger partial charge is 0.305 e. The van der Waals surface area contributed by atoms with E-state index in [2.05, 4.69) is 24.4 Å². The van der Waals surface area contributed by atoms with Gasteiger partial charge in [0, 0.05) is 12.5 Å². The van der Waals surface area contributed by atoms with Gasteiger partial charge < -0.3 is 14.8 Å². The molecule has 0 aromatic heterocycles. The van der Waals surface area contributed by atoms with Crippen LogP contribution in [0.3, 0.4) is 0 Å². The third kappa shape index (κ3) is 7.14. The summed E-state index contributed by atoms with van der Waals surface area (Å²) in [6.07, 6.45) is 3.30. The van der Waals surface area contributed by atoms with Crippen molar-refractivity contribution in [3.05, 3.63) is 29.8 Å². The Morgan fingerprint density at radius 3 is 2.52 bits per heavy atom. The zero-order valence-electron chi connectivity index (χ0n) is 13.4. The number of nitrogens with one attached hydrogen (secondary N) is 1. The number of unbranched alkanes of at least 4 members (excludes halogenated alkanes) is 2. The number of hydrogen-bond acceptors (Lipinski definition) is 4. The number of ether oxygens (including phenoxy) is 2. The van der Waals surface area contributed by atoms with Crippen molar-refractivity contribution in [3.8, 4) is 5.75 Å². The first-order chi connectivity index (χ1) is 10.2. The maximum Gasteiger partial charge on any atom is 0.305 e. The SMILES string of the molecule is CCOC(=O)CCCCCOc1ccc(C(C)NC)cc1. The highest BCUT2D eigenvalue weighted by Crippen LogP contribution is 2.17. The number of rotatable bonds is 10. The van der Waals surface area contributed by atoms with Crippen LogP contribution >= 0.6 is 0 Å². The molecule has 0 aliphatic heterocycles. The van der Waals surface area contributed by atoms with Gasteiger partial charge in [0.1, 0.15) is 5.75 Å². The molecule has 1 atom stereocenters. The summed E-state index contributed by atoms with van der Waals surface area (Å²) in [4.78, 5) is 11.2. The molecule has 0 heterocycles. The molecule has 1 aromatic rings. The minimum absolute atomic E-state index is 0.104. The summed E-state index contributed by atoms with van der Waals surface area (Å²) in [5.74, 6) is 0.792. The van der Waals surface area contributed by atoms with Crippen LogP contribution in [0.4, 0.5) is 0 Å². The van der Waals surface area contributed by atoms with Crippen molar-refractivity contribution in [2.75, 3.05) is 20.3 Å². The Morgan fingerprint density at radius 1 is 1.19 bits per heavy atom. The summed E-state index contributed by atoms with van der Waals surface area (Å²) < 4.78 is 10.6. The molecule has 0 amide bonds. The molecule has 1 unspecified atom stereocenters. The average molecular weight is 293 g/mol. The van der Waals surface area contributed by atoms with Crippen LogP contribution in [0.5, 0.6) is 5.75 Å². The Hall–Kier alpha value is -1.55. The molecular weight excluding hydrogens is 266 g/mol. The maximum absolute atomic E-state index is 11.2. The molecule has 118 valence electrons. The van der Waals surface area contributed by atoms with Crippen molar-refractivity contribution in [3.63, 3.8) is 0 Å². The highest BCUT2D eigenvalue weighted by Gasteiger charge is 2.03. The molecule has 4 nitrogen and oxygen atoms in total. The van der Waals surface area contributed by atoms with E-state index in [0.717, 1.165) is 25.0 Å². The molecule has 0 aliphatic rings. The lowest BCUT2D eigenvalue weighted by atomic mass is 10.1. The van der Waals surface area contributed by atoms with E-state index in [-0.39, 0.29) is 5.97 Å². The molecule has 1 aromatic carbocycles. The highest BCUT2D eigenvalue weighted by molar-refractivity contribution is 5.69. The minimum Gasteiger partial charge on any atom is -0.494 e. The normalized spacial score (nSPS) is 12.0. The van der Waals surface area contributed by atoms with E-state index in [1.807, 2.05) is 26.1 Å². The van der Waals surface area contributed by atoms with Crippen molar-refractivity contribution in [1.82, 2.24) is 5.32 Å². The monoisotopic (exact) mass is 293 g/mol. The van der Waals surface area contributed by atoms with Gasteiger partial charge in [-0.25, -0.2) is 0 Å². The first-order valence-electron chi connectivity index (χ1n) is 7.73. The van der Waals surface area contributed by atoms with Crippen LogP contribution in [0.2, 0.25) is 0 Å². The predicted molar refractivity (Wildman–Crippen MR) is 84.5 cm³/mol. The van der Waals surface area contributed by atoms with Gasteiger partial charge in [-0.1, -0.05) is 12.1 Å². The standard InChI is InChI=1S/C17H27NO3/c1-4-20-17(19)8-6-5-7-13-21-16-11-9-15(10-12-16)14(2)18-3/h9-12,14,18H,4-8,13H2,1-3H3. The van der Waals surface area contributed by atoms with Crippen molar-refractivity contribution in [2.45, 2.75) is 45.6 Å². The van der Waals surface area contributed by atoms with Gasteiger partial charge in [-0.15, -0.1) is 0 Å². The molecule has 1 rings (SSSR count). The molecule has 0 bridgehead atoms. The Labute approximate surface area is 127 Å². The molecule has 0 saturated carbocycles. The van der Waals surface area contributed by atoms with E-state index in [4.69, 9.17) is 9.47 Å². The van der Waals surface area contributed by atoms with E-state index in [9.17, 15) is 4.79 Å². The van der Waals surface area contributed by atoms with Crippen LogP contribution in [-0.4, -0.2) is 26.2 Å². The Balaban J connectivity index is 2.14. The first-order valence-corrected chi connectivity index (χ1v) is 7.73. The largest absolute Gasteiger partial charge is 0.494 e. The van der Waals surface area contributed by atoms with Gasteiger partial charge in [-0.3, -0.25) is 4.79 Å². The summed E-state index contributed by atoms with van der Waals surface area (Å²) in [6.45, 7) is 5.10. The van der Waals surface area contributed by atoms with Gasteiger partial charge in [0.2, 0.25) is 0 Å². The molecule has 21 heavy (non-hydrogen) atoms. The number of carbonyl (C=O) groups is 1. The molecule has 0 fully saturated rings. The lowest BCUT2D eigenvalue weighted by Gasteiger charge is -2.11. The molecule has 4 heteroatoms. The Kier molecular flexibility index (Phi) is 8.51. The summed E-state index contributed by atoms with van der Waals surface area (Å²) in [5.41, 5.74) is 1.25. The van der Waals surface area contributed by atoms with Crippen molar-refractivity contribution < 1.29 is 14.3 Å². The van der Waals surface area contributed by atoms with Crippen LogP contribution in [0, 0.1) is 0 Å². The summed E-state index contributed by atoms with van der Waals surface area (Å²) in [7, 11) is 1.95. The number of benzene rings is 1. The van der Waals surface area contributed by atoms with Gasteiger partial charge in [-0.2, -0.15) is 0 Å². The number of hydrogen-bond donors (Lipinski definition) is 1. The van der Waals surface area contributed by atoms with E-state index >= 15 is 0 Å². The quantitative estimate of drug-likeness (QED) is 0.530. The maximum atomic E-state index is 11.2. The van der Waals surface area contributed by atoms with Crippen LogP contribution in [0.15, 0.2) is 24.3 Å². The topological polar surface area (TPSA) is 47.6 Å². The molecule has 0 spiro atoms. The molecular formula is C17H27NO3. The van der Waals surface area contributed by atoms with Crippen LogP contribution < -0.4 is 10.1 Å². The molecule has 0 radical (unpaired) electrons. The van der Waals surface area contributed by atoms with Gasteiger partial charge in [0.15, 0.2) is 0 Å². The zero-order chi connectivity index (χ0) is 15.5. The zero-order valence-corrected chi connectivity index (χ0v) is 13.4. The van der Waals surface area contributed by atoms with Gasteiger partial charge in [0.05, 0.1) is 13.2 Å². The van der Waals surface area contributed by atoms with Crippen LogP contribution in [-0.2, 0) is 9.53 Å². The molecule has 0 saturated heterocycles. The van der Waals surface area contributed by atoms with Crippen molar-refractivity contribution in [1.29, 1.82) is 0 Å². The minimum atomic E-state index is -0.104. The van der Waals surface area contributed by atoms with Crippen LogP contribution in [0.25, 0.3) is 0 Å². The van der Waals surface area contributed by atoms with Crippen molar-refractivity contribution in [2.24, 2.45) is 0 Å². The van der Waals surface area contributed by atoms with E-state index in [1.165, 1.54) is 5.56 Å². The highest BCUT2D eigenvalue weighted by atomic mass is 16.5. The van der Waals surface area contributed by atoms with Crippen molar-refractivity contribution >= 4 is 5.97 Å². The third-order valence-corrected chi connectivity index (χ3v) is 3.41. The second-order valence-corrected chi connectivity index (χ2v) is 5.04. The first kappa shape index (κ1) is 17.5. The predicted octanol–water partition coefficient (Wildman–Crippen LogP) is 3.47. The molecule has 1 N–H and O–H groups in total. The fourth-order valence-electron chi connectivity index (χ4n) is 1.99. The summed E-state index contributed by atoms with van der Waals surface area (Å²) >= 11 is 0. The number of carbonyl (C=O) groups excluding carboxylic acids is 1. The lowest BCUT2D eigenvalue weighted by molar-refractivity contribution is -0.143. The molecule has 0 aliphatic carbocycles.